The molecular weight excluding hydrogens is 325 g/mol. The van der Waals surface area contributed by atoms with Gasteiger partial charge in [0, 0.05) is 16.0 Å². The van der Waals surface area contributed by atoms with Crippen LogP contribution in [0, 0.1) is 9.49 Å². The molecule has 1 fully saturated rings. The molecule has 1 aromatic carbocycles. The number of carbonyl (C=O) groups excluding carboxylic acids is 1. The van der Waals surface area contributed by atoms with Gasteiger partial charge in [0.25, 0.3) is 0 Å². The summed E-state index contributed by atoms with van der Waals surface area (Å²) in [6.45, 7) is 4.87. The summed E-state index contributed by atoms with van der Waals surface area (Å²) in [4.78, 5) is 14.2. The molecule has 1 heterocycles. The lowest BCUT2D eigenvalue weighted by Crippen LogP contribution is -2.34. The lowest BCUT2D eigenvalue weighted by molar-refractivity contribution is -0.135. The van der Waals surface area contributed by atoms with Crippen LogP contribution in [0.1, 0.15) is 38.3 Å². The van der Waals surface area contributed by atoms with E-state index in [0.29, 0.717) is 0 Å². The smallest absolute Gasteiger partial charge is 0.225 e. The largest absolute Gasteiger partial charge is 0.335 e. The molecular formula is C14H18INO. The van der Waals surface area contributed by atoms with Gasteiger partial charge in [-0.05, 0) is 47.1 Å². The second kappa shape index (κ2) is 5.38. The average molecular weight is 343 g/mol. The van der Waals surface area contributed by atoms with E-state index in [9.17, 15) is 4.79 Å². The Labute approximate surface area is 117 Å². The lowest BCUT2D eigenvalue weighted by Gasteiger charge is -2.27. The topological polar surface area (TPSA) is 20.3 Å². The second-order valence-electron chi connectivity index (χ2n) is 4.87. The van der Waals surface area contributed by atoms with Crippen molar-refractivity contribution in [3.8, 4) is 0 Å². The molecule has 1 aromatic rings. The first-order valence-electron chi connectivity index (χ1n) is 6.16. The zero-order valence-corrected chi connectivity index (χ0v) is 12.5. The van der Waals surface area contributed by atoms with Crippen LogP contribution in [-0.2, 0) is 4.79 Å². The molecule has 2 rings (SSSR count). The number of amides is 1. The molecule has 0 unspecified atom stereocenters. The summed E-state index contributed by atoms with van der Waals surface area (Å²) in [6, 6.07) is 8.67. The van der Waals surface area contributed by atoms with Gasteiger partial charge >= 0.3 is 0 Å². The third kappa shape index (κ3) is 2.64. The van der Waals surface area contributed by atoms with Crippen LogP contribution in [0.2, 0.25) is 0 Å². The first-order valence-corrected chi connectivity index (χ1v) is 7.24. The minimum Gasteiger partial charge on any atom is -0.335 e. The number of carbonyl (C=O) groups is 1. The highest BCUT2D eigenvalue weighted by Crippen LogP contribution is 2.35. The number of halogens is 1. The number of hydrogen-bond acceptors (Lipinski definition) is 1. The standard InChI is InChI=1S/C14H18INO/c1-10(2)14(17)16-9-5-8-13(16)11-6-3-4-7-12(11)15/h3-4,6-7,10,13H,5,8-9H2,1-2H3/t13-/m1/s1. The van der Waals surface area contributed by atoms with Gasteiger partial charge in [-0.1, -0.05) is 32.0 Å². The maximum absolute atomic E-state index is 12.2. The number of nitrogens with zero attached hydrogens (tertiary/aromatic N) is 1. The Hall–Kier alpha value is -0.580. The van der Waals surface area contributed by atoms with Crippen LogP contribution in [0.4, 0.5) is 0 Å². The fourth-order valence-electron chi connectivity index (χ4n) is 2.43. The van der Waals surface area contributed by atoms with Crippen LogP contribution in [0.25, 0.3) is 0 Å². The van der Waals surface area contributed by atoms with Crippen LogP contribution < -0.4 is 0 Å². The monoisotopic (exact) mass is 343 g/mol. The molecule has 1 amide bonds. The summed E-state index contributed by atoms with van der Waals surface area (Å²) in [6.07, 6.45) is 2.21. The average Bonchev–Trinajstić information content (AvgIpc) is 2.77. The van der Waals surface area contributed by atoms with E-state index in [0.717, 1.165) is 19.4 Å². The zero-order valence-electron chi connectivity index (χ0n) is 10.3. The fraction of sp³-hybridized carbons (Fsp3) is 0.500. The molecule has 17 heavy (non-hydrogen) atoms. The van der Waals surface area contributed by atoms with Gasteiger partial charge in [-0.2, -0.15) is 0 Å². The summed E-state index contributed by atoms with van der Waals surface area (Å²) in [5.41, 5.74) is 1.31. The normalized spacial score (nSPS) is 20.0. The van der Waals surface area contributed by atoms with Gasteiger partial charge in [-0.25, -0.2) is 0 Å². The maximum Gasteiger partial charge on any atom is 0.225 e. The minimum atomic E-state index is 0.0944. The number of hydrogen-bond donors (Lipinski definition) is 0. The Kier molecular flexibility index (Phi) is 4.07. The van der Waals surface area contributed by atoms with Crippen molar-refractivity contribution in [1.82, 2.24) is 4.90 Å². The molecule has 3 heteroatoms. The van der Waals surface area contributed by atoms with Gasteiger partial charge in [-0.15, -0.1) is 0 Å². The van der Waals surface area contributed by atoms with Crippen molar-refractivity contribution >= 4 is 28.5 Å². The van der Waals surface area contributed by atoms with E-state index >= 15 is 0 Å². The van der Waals surface area contributed by atoms with Crippen molar-refractivity contribution in [2.75, 3.05) is 6.54 Å². The molecule has 0 radical (unpaired) electrons. The Morgan fingerprint density at radius 2 is 2.12 bits per heavy atom. The Morgan fingerprint density at radius 3 is 2.76 bits per heavy atom. The second-order valence-corrected chi connectivity index (χ2v) is 6.03. The van der Waals surface area contributed by atoms with Crippen LogP contribution in [0.5, 0.6) is 0 Å². The van der Waals surface area contributed by atoms with E-state index in [1.165, 1.54) is 9.13 Å². The van der Waals surface area contributed by atoms with Crippen molar-refractivity contribution in [2.24, 2.45) is 5.92 Å². The SMILES string of the molecule is CC(C)C(=O)N1CCC[C@@H]1c1ccccc1I. The summed E-state index contributed by atoms with van der Waals surface area (Å²) < 4.78 is 1.26. The van der Waals surface area contributed by atoms with E-state index in [4.69, 9.17) is 0 Å². The molecule has 1 saturated heterocycles. The lowest BCUT2D eigenvalue weighted by atomic mass is 10.0. The van der Waals surface area contributed by atoms with E-state index in [-0.39, 0.29) is 17.9 Å². The van der Waals surface area contributed by atoms with Gasteiger partial charge in [0.15, 0.2) is 0 Å². The minimum absolute atomic E-state index is 0.0944. The molecule has 1 atom stereocenters. The number of rotatable bonds is 2. The van der Waals surface area contributed by atoms with Gasteiger partial charge < -0.3 is 4.90 Å². The maximum atomic E-state index is 12.2. The summed E-state index contributed by atoms with van der Waals surface area (Å²) in [5, 5.41) is 0. The zero-order chi connectivity index (χ0) is 12.4. The van der Waals surface area contributed by atoms with E-state index in [1.54, 1.807) is 0 Å². The summed E-state index contributed by atoms with van der Waals surface area (Å²) in [5.74, 6) is 0.379. The van der Waals surface area contributed by atoms with Gasteiger partial charge in [-0.3, -0.25) is 4.79 Å². The highest BCUT2D eigenvalue weighted by molar-refractivity contribution is 14.1. The number of benzene rings is 1. The van der Waals surface area contributed by atoms with Crippen LogP contribution in [-0.4, -0.2) is 17.4 Å². The molecule has 92 valence electrons. The number of likely N-dealkylation sites (tertiary alicyclic amines) is 1. The third-order valence-corrected chi connectivity index (χ3v) is 4.28. The Bertz CT molecular complexity index is 416. The molecule has 2 nitrogen and oxygen atoms in total. The molecule has 0 bridgehead atoms. The van der Waals surface area contributed by atoms with Crippen molar-refractivity contribution in [3.05, 3.63) is 33.4 Å². The van der Waals surface area contributed by atoms with Crippen LogP contribution >= 0.6 is 22.6 Å². The first kappa shape index (κ1) is 12.9. The highest BCUT2D eigenvalue weighted by atomic mass is 127. The summed E-state index contributed by atoms with van der Waals surface area (Å²) >= 11 is 2.36. The van der Waals surface area contributed by atoms with Crippen molar-refractivity contribution in [1.29, 1.82) is 0 Å². The predicted octanol–water partition coefficient (Wildman–Crippen LogP) is 3.61. The molecule has 0 spiro atoms. The van der Waals surface area contributed by atoms with Gasteiger partial charge in [0.05, 0.1) is 6.04 Å². The fourth-order valence-corrected chi connectivity index (χ4v) is 3.18. The molecule has 0 aromatic heterocycles. The molecule has 1 aliphatic heterocycles. The molecule has 0 aliphatic carbocycles. The molecule has 0 saturated carbocycles. The predicted molar refractivity (Wildman–Crippen MR) is 77.7 cm³/mol. The molecule has 1 aliphatic rings. The Balaban J connectivity index is 2.26. The first-order chi connectivity index (χ1) is 8.11. The quantitative estimate of drug-likeness (QED) is 0.752. The van der Waals surface area contributed by atoms with Crippen LogP contribution in [0.15, 0.2) is 24.3 Å². The van der Waals surface area contributed by atoms with Crippen molar-refractivity contribution in [3.63, 3.8) is 0 Å². The highest BCUT2D eigenvalue weighted by Gasteiger charge is 2.31. The van der Waals surface area contributed by atoms with E-state index < -0.39 is 0 Å². The van der Waals surface area contributed by atoms with Crippen molar-refractivity contribution in [2.45, 2.75) is 32.7 Å². The Morgan fingerprint density at radius 1 is 1.41 bits per heavy atom. The van der Waals surface area contributed by atoms with Crippen LogP contribution in [0.3, 0.4) is 0 Å². The molecule has 0 N–H and O–H groups in total. The van der Waals surface area contributed by atoms with Gasteiger partial charge in [0.1, 0.15) is 0 Å². The summed E-state index contributed by atoms with van der Waals surface area (Å²) in [7, 11) is 0. The van der Waals surface area contributed by atoms with E-state index in [1.807, 2.05) is 13.8 Å². The third-order valence-electron chi connectivity index (χ3n) is 3.29. The van der Waals surface area contributed by atoms with E-state index in [2.05, 4.69) is 51.8 Å². The van der Waals surface area contributed by atoms with Gasteiger partial charge in [0.2, 0.25) is 5.91 Å². The van der Waals surface area contributed by atoms with Crippen molar-refractivity contribution < 1.29 is 4.79 Å².